The molecule has 4 nitrogen and oxygen atoms in total. The number of nitrogens with zero attached hydrogens (tertiary/aromatic N) is 2. The summed E-state index contributed by atoms with van der Waals surface area (Å²) in [5, 5.41) is 0. The summed E-state index contributed by atoms with van der Waals surface area (Å²) in [7, 11) is 0. The fourth-order valence-electron chi connectivity index (χ4n) is 2.98. The second-order valence-corrected chi connectivity index (χ2v) is 8.60. The van der Waals surface area contributed by atoms with Crippen LogP contribution in [0.5, 0.6) is 0 Å². The summed E-state index contributed by atoms with van der Waals surface area (Å²) < 4.78 is 13.2. The zero-order chi connectivity index (χ0) is 19.4. The molecule has 1 fully saturated rings. The third-order valence-corrected chi connectivity index (χ3v) is 5.71. The molecule has 0 bridgehead atoms. The number of rotatable bonds is 8. The zero-order valence-electron chi connectivity index (χ0n) is 15.8. The Kier molecular flexibility index (Phi) is 6.26. The first kappa shape index (κ1) is 19.5. The Balaban J connectivity index is 1.73. The Morgan fingerprint density at radius 2 is 1.78 bits per heavy atom. The number of hydrogen-bond donors (Lipinski definition) is 0. The van der Waals surface area contributed by atoms with E-state index in [-0.39, 0.29) is 24.2 Å². The lowest BCUT2D eigenvalue weighted by Crippen LogP contribution is -2.42. The molecule has 1 aliphatic carbocycles. The molecule has 1 aromatic carbocycles. The van der Waals surface area contributed by atoms with Gasteiger partial charge in [-0.15, -0.1) is 11.3 Å². The Labute approximate surface area is 163 Å². The van der Waals surface area contributed by atoms with E-state index in [1.165, 1.54) is 23.9 Å². The van der Waals surface area contributed by atoms with Crippen LogP contribution < -0.4 is 0 Å². The quantitative estimate of drug-likeness (QED) is 0.686. The summed E-state index contributed by atoms with van der Waals surface area (Å²) in [5.74, 6) is 0.0927. The number of carbonyl (C=O) groups is 2. The monoisotopic (exact) mass is 388 g/mol. The molecule has 0 unspecified atom stereocenters. The first-order valence-electron chi connectivity index (χ1n) is 9.24. The van der Waals surface area contributed by atoms with Crippen molar-refractivity contribution in [3.63, 3.8) is 0 Å². The summed E-state index contributed by atoms with van der Waals surface area (Å²) in [6, 6.07) is 10.3. The average molecular weight is 389 g/mol. The molecule has 3 rings (SSSR count). The van der Waals surface area contributed by atoms with Gasteiger partial charge < -0.3 is 9.80 Å². The molecule has 0 aliphatic heterocycles. The van der Waals surface area contributed by atoms with Crippen molar-refractivity contribution in [3.8, 4) is 0 Å². The predicted octanol–water partition coefficient (Wildman–Crippen LogP) is 3.98. The van der Waals surface area contributed by atoms with Gasteiger partial charge in [-0.25, -0.2) is 4.39 Å². The van der Waals surface area contributed by atoms with Crippen LogP contribution >= 0.6 is 11.3 Å². The van der Waals surface area contributed by atoms with Gasteiger partial charge >= 0.3 is 0 Å². The molecule has 1 saturated carbocycles. The molecule has 6 heteroatoms. The van der Waals surface area contributed by atoms with Crippen LogP contribution in [-0.2, 0) is 22.7 Å². The van der Waals surface area contributed by atoms with E-state index in [1.54, 1.807) is 33.3 Å². The molecule has 0 radical (unpaired) electrons. The van der Waals surface area contributed by atoms with Gasteiger partial charge in [-0.1, -0.05) is 12.1 Å². The van der Waals surface area contributed by atoms with E-state index in [2.05, 4.69) is 0 Å². The van der Waals surface area contributed by atoms with Crippen molar-refractivity contribution in [2.24, 2.45) is 5.92 Å². The SMILES string of the molecule is CC(=O)N(CC(=O)N(Cc1ccc(F)cc1)Cc1ccc(C)s1)CC1CC1. The Hall–Kier alpha value is -2.21. The second kappa shape index (κ2) is 8.65. The van der Waals surface area contributed by atoms with E-state index in [9.17, 15) is 14.0 Å². The zero-order valence-corrected chi connectivity index (χ0v) is 16.6. The second-order valence-electron chi connectivity index (χ2n) is 7.23. The maximum atomic E-state index is 13.2. The minimum Gasteiger partial charge on any atom is -0.333 e. The van der Waals surface area contributed by atoms with Crippen molar-refractivity contribution in [2.45, 2.75) is 39.8 Å². The highest BCUT2D eigenvalue weighted by Crippen LogP contribution is 2.29. The lowest BCUT2D eigenvalue weighted by molar-refractivity contribution is -0.140. The first-order valence-corrected chi connectivity index (χ1v) is 10.1. The van der Waals surface area contributed by atoms with E-state index in [0.717, 1.165) is 23.3 Å². The van der Waals surface area contributed by atoms with Gasteiger partial charge in [0.25, 0.3) is 0 Å². The minimum absolute atomic E-state index is 0.0658. The molecule has 0 spiro atoms. The van der Waals surface area contributed by atoms with Gasteiger partial charge in [0.05, 0.1) is 13.1 Å². The summed E-state index contributed by atoms with van der Waals surface area (Å²) in [5.41, 5.74) is 0.870. The van der Waals surface area contributed by atoms with Gasteiger partial charge in [0.1, 0.15) is 5.82 Å². The number of halogens is 1. The average Bonchev–Trinajstić information content (AvgIpc) is 3.35. The normalized spacial score (nSPS) is 13.4. The third kappa shape index (κ3) is 5.89. The van der Waals surface area contributed by atoms with Crippen LogP contribution in [0.3, 0.4) is 0 Å². The van der Waals surface area contributed by atoms with Gasteiger partial charge in [0.15, 0.2) is 0 Å². The fourth-order valence-corrected chi connectivity index (χ4v) is 3.89. The van der Waals surface area contributed by atoms with Crippen molar-refractivity contribution in [1.82, 2.24) is 9.80 Å². The molecule has 1 aromatic heterocycles. The van der Waals surface area contributed by atoms with Crippen LogP contribution in [0.15, 0.2) is 36.4 Å². The largest absolute Gasteiger partial charge is 0.333 e. The van der Waals surface area contributed by atoms with Crippen LogP contribution in [0.25, 0.3) is 0 Å². The first-order chi connectivity index (χ1) is 12.9. The number of amides is 2. The van der Waals surface area contributed by atoms with E-state index < -0.39 is 0 Å². The molecule has 0 N–H and O–H groups in total. The molecule has 2 aromatic rings. The van der Waals surface area contributed by atoms with E-state index in [0.29, 0.717) is 25.6 Å². The summed E-state index contributed by atoms with van der Waals surface area (Å²) >= 11 is 1.66. The minimum atomic E-state index is -0.294. The Bertz CT molecular complexity index is 799. The molecule has 2 amide bonds. The Morgan fingerprint density at radius 3 is 2.33 bits per heavy atom. The highest BCUT2D eigenvalue weighted by molar-refractivity contribution is 7.11. The molecule has 27 heavy (non-hydrogen) atoms. The van der Waals surface area contributed by atoms with Gasteiger partial charge in [-0.05, 0) is 55.5 Å². The van der Waals surface area contributed by atoms with E-state index in [4.69, 9.17) is 0 Å². The van der Waals surface area contributed by atoms with Crippen molar-refractivity contribution in [3.05, 3.63) is 57.5 Å². The molecule has 0 saturated heterocycles. The summed E-state index contributed by atoms with van der Waals surface area (Å²) in [6.45, 7) is 5.19. The van der Waals surface area contributed by atoms with Crippen molar-refractivity contribution in [2.75, 3.05) is 13.1 Å². The molecule has 1 heterocycles. The van der Waals surface area contributed by atoms with Crippen LogP contribution in [0, 0.1) is 18.7 Å². The predicted molar refractivity (Wildman–Crippen MR) is 105 cm³/mol. The van der Waals surface area contributed by atoms with Crippen LogP contribution in [-0.4, -0.2) is 34.7 Å². The summed E-state index contributed by atoms with van der Waals surface area (Å²) in [6.07, 6.45) is 2.26. The molecular weight excluding hydrogens is 363 g/mol. The van der Waals surface area contributed by atoms with Crippen molar-refractivity contribution in [1.29, 1.82) is 0 Å². The maximum Gasteiger partial charge on any atom is 0.242 e. The smallest absolute Gasteiger partial charge is 0.242 e. The highest BCUT2D eigenvalue weighted by Gasteiger charge is 2.28. The topological polar surface area (TPSA) is 40.6 Å². The van der Waals surface area contributed by atoms with Crippen molar-refractivity contribution >= 4 is 23.2 Å². The molecular formula is C21H25FN2O2S. The van der Waals surface area contributed by atoms with E-state index >= 15 is 0 Å². The lowest BCUT2D eigenvalue weighted by atomic mass is 10.2. The van der Waals surface area contributed by atoms with Gasteiger partial charge in [-0.2, -0.15) is 0 Å². The maximum absolute atomic E-state index is 13.2. The van der Waals surface area contributed by atoms with Gasteiger partial charge in [0, 0.05) is 29.8 Å². The summed E-state index contributed by atoms with van der Waals surface area (Å²) in [4.78, 5) is 30.6. The molecule has 0 atom stereocenters. The van der Waals surface area contributed by atoms with Gasteiger partial charge in [0.2, 0.25) is 11.8 Å². The van der Waals surface area contributed by atoms with Crippen LogP contribution in [0.4, 0.5) is 4.39 Å². The lowest BCUT2D eigenvalue weighted by Gasteiger charge is -2.27. The highest BCUT2D eigenvalue weighted by atomic mass is 32.1. The Morgan fingerprint density at radius 1 is 1.07 bits per heavy atom. The van der Waals surface area contributed by atoms with Crippen molar-refractivity contribution < 1.29 is 14.0 Å². The number of thiophene rings is 1. The number of carbonyl (C=O) groups excluding carboxylic acids is 2. The van der Waals surface area contributed by atoms with Crippen LogP contribution in [0.1, 0.15) is 35.1 Å². The molecule has 144 valence electrons. The standard InChI is InChI=1S/C21H25FN2O2S/c1-15-3-10-20(27-15)13-24(12-18-6-8-19(22)9-7-18)21(26)14-23(16(2)25)11-17-4-5-17/h3,6-10,17H,4-5,11-14H2,1-2H3. The van der Waals surface area contributed by atoms with Gasteiger partial charge in [-0.3, -0.25) is 9.59 Å². The fraction of sp³-hybridized carbons (Fsp3) is 0.429. The third-order valence-electron chi connectivity index (χ3n) is 4.73. The van der Waals surface area contributed by atoms with Crippen LogP contribution in [0.2, 0.25) is 0 Å². The number of hydrogen-bond acceptors (Lipinski definition) is 3. The number of aryl methyl sites for hydroxylation is 1. The number of benzene rings is 1. The molecule has 1 aliphatic rings. The van der Waals surface area contributed by atoms with E-state index in [1.807, 2.05) is 19.1 Å².